The van der Waals surface area contributed by atoms with Crippen LogP contribution in [0.15, 0.2) is 59.1 Å². The van der Waals surface area contributed by atoms with Gasteiger partial charge < -0.3 is 20.0 Å². The van der Waals surface area contributed by atoms with Crippen LogP contribution >= 0.6 is 15.9 Å². The van der Waals surface area contributed by atoms with Crippen LogP contribution in [0.4, 0.5) is 16.3 Å². The highest BCUT2D eigenvalue weighted by Gasteiger charge is 2.29. The molecule has 1 fully saturated rings. The first-order valence-electron chi connectivity index (χ1n) is 11.8. The lowest BCUT2D eigenvalue weighted by molar-refractivity contribution is 0.205. The lowest BCUT2D eigenvalue weighted by Gasteiger charge is -2.37. The molecule has 8 heteroatoms. The molecule has 2 amide bonds. The van der Waals surface area contributed by atoms with Crippen LogP contribution in [-0.4, -0.2) is 65.1 Å². The second kappa shape index (κ2) is 10.1. The number of hydrogen-bond acceptors (Lipinski definition) is 5. The van der Waals surface area contributed by atoms with Crippen molar-refractivity contribution in [2.45, 2.75) is 19.9 Å². The van der Waals surface area contributed by atoms with E-state index in [4.69, 9.17) is 9.97 Å². The van der Waals surface area contributed by atoms with Crippen molar-refractivity contribution in [1.29, 1.82) is 0 Å². The van der Waals surface area contributed by atoms with Gasteiger partial charge in [-0.25, -0.2) is 14.8 Å². The fraction of sp³-hybridized carbons (Fsp3) is 0.346. The van der Waals surface area contributed by atoms with Gasteiger partial charge in [-0.05, 0) is 24.7 Å². The third-order valence-corrected chi connectivity index (χ3v) is 7.05. The van der Waals surface area contributed by atoms with Gasteiger partial charge in [0, 0.05) is 60.4 Å². The summed E-state index contributed by atoms with van der Waals surface area (Å²) in [6.07, 6.45) is 0.714. The maximum atomic E-state index is 13.1. The molecule has 1 aromatic heterocycles. The average Bonchev–Trinajstić information content (AvgIpc) is 2.88. The first-order valence-corrected chi connectivity index (χ1v) is 12.6. The summed E-state index contributed by atoms with van der Waals surface area (Å²) in [5.74, 6) is 1.74. The Hall–Kier alpha value is -2.97. The Balaban J connectivity index is 1.44. The highest BCUT2D eigenvalue weighted by atomic mass is 79.9. The zero-order valence-corrected chi connectivity index (χ0v) is 21.0. The molecular weight excluding hydrogens is 492 g/mol. The van der Waals surface area contributed by atoms with E-state index >= 15 is 0 Å². The summed E-state index contributed by atoms with van der Waals surface area (Å²) in [4.78, 5) is 29.8. The van der Waals surface area contributed by atoms with Gasteiger partial charge >= 0.3 is 6.03 Å². The van der Waals surface area contributed by atoms with Crippen LogP contribution in [-0.2, 0) is 13.0 Å². The van der Waals surface area contributed by atoms with Gasteiger partial charge in [-0.2, -0.15) is 0 Å². The van der Waals surface area contributed by atoms with Crippen molar-refractivity contribution >= 4 is 33.5 Å². The fourth-order valence-electron chi connectivity index (χ4n) is 4.59. The number of likely N-dealkylation sites (N-methyl/N-ethyl adjacent to an activating group) is 1. The molecule has 34 heavy (non-hydrogen) atoms. The number of rotatable bonds is 4. The number of nitrogens with zero attached hydrogens (tertiary/aromatic N) is 5. The Kier molecular flexibility index (Phi) is 6.78. The minimum atomic E-state index is -0.0994. The van der Waals surface area contributed by atoms with Crippen LogP contribution in [0, 0.1) is 0 Å². The van der Waals surface area contributed by atoms with Gasteiger partial charge in [-0.15, -0.1) is 0 Å². The predicted molar refractivity (Wildman–Crippen MR) is 139 cm³/mol. The number of fused-ring (bicyclic) bond motifs is 1. The zero-order chi connectivity index (χ0) is 23.5. The summed E-state index contributed by atoms with van der Waals surface area (Å²) < 4.78 is 0.935. The summed E-state index contributed by atoms with van der Waals surface area (Å²) in [6.45, 7) is 8.29. The number of halogens is 1. The molecule has 3 aromatic rings. The van der Waals surface area contributed by atoms with Gasteiger partial charge in [0.1, 0.15) is 5.82 Å². The molecule has 0 radical (unpaired) electrons. The molecule has 1 saturated heterocycles. The molecule has 1 N–H and O–H groups in total. The van der Waals surface area contributed by atoms with Crippen molar-refractivity contribution in [2.75, 3.05) is 49.5 Å². The van der Waals surface area contributed by atoms with E-state index in [0.717, 1.165) is 71.3 Å². The van der Waals surface area contributed by atoms with Gasteiger partial charge in [-0.3, -0.25) is 0 Å². The van der Waals surface area contributed by atoms with Crippen molar-refractivity contribution in [2.24, 2.45) is 0 Å². The number of amides is 2. The number of nitrogens with one attached hydrogen (secondary N) is 1. The summed E-state index contributed by atoms with van der Waals surface area (Å²) in [7, 11) is 0. The number of urea groups is 1. The quantitative estimate of drug-likeness (QED) is 0.542. The zero-order valence-electron chi connectivity index (χ0n) is 19.4. The van der Waals surface area contributed by atoms with E-state index in [0.29, 0.717) is 19.5 Å². The molecule has 0 atom stereocenters. The van der Waals surface area contributed by atoms with Crippen LogP contribution in [0.1, 0.15) is 18.2 Å². The second-order valence-electron chi connectivity index (χ2n) is 8.70. The molecule has 5 rings (SSSR count). The molecule has 0 unspecified atom stereocenters. The smallest absolute Gasteiger partial charge is 0.322 e. The predicted octanol–water partition coefficient (Wildman–Crippen LogP) is 4.64. The first-order chi connectivity index (χ1) is 16.6. The van der Waals surface area contributed by atoms with Crippen LogP contribution in [0.25, 0.3) is 11.4 Å². The summed E-state index contributed by atoms with van der Waals surface area (Å²) in [6, 6.07) is 17.7. The average molecular weight is 521 g/mol. The van der Waals surface area contributed by atoms with E-state index in [1.54, 1.807) is 0 Å². The number of carbonyl (C=O) groups is 1. The van der Waals surface area contributed by atoms with Gasteiger partial charge in [0.2, 0.25) is 0 Å². The first kappa shape index (κ1) is 22.8. The number of hydrogen-bond donors (Lipinski definition) is 1. The van der Waals surface area contributed by atoms with Crippen molar-refractivity contribution in [1.82, 2.24) is 19.8 Å². The van der Waals surface area contributed by atoms with Crippen molar-refractivity contribution in [3.05, 3.63) is 70.3 Å². The highest BCUT2D eigenvalue weighted by Crippen LogP contribution is 2.30. The molecule has 0 aliphatic carbocycles. The Bertz CT molecular complexity index is 1160. The molecule has 2 aromatic carbocycles. The van der Waals surface area contributed by atoms with Crippen LogP contribution in [0.3, 0.4) is 0 Å². The summed E-state index contributed by atoms with van der Waals surface area (Å²) >= 11 is 3.47. The molecule has 0 saturated carbocycles. The van der Waals surface area contributed by atoms with E-state index in [-0.39, 0.29) is 6.03 Å². The summed E-state index contributed by atoms with van der Waals surface area (Å²) in [5, 5.41) is 3.03. The normalized spacial score (nSPS) is 16.3. The van der Waals surface area contributed by atoms with Crippen molar-refractivity contribution in [3.63, 3.8) is 0 Å². The van der Waals surface area contributed by atoms with Crippen molar-refractivity contribution in [3.8, 4) is 11.4 Å². The number of benzene rings is 2. The van der Waals surface area contributed by atoms with Gasteiger partial charge in [0.15, 0.2) is 5.82 Å². The Morgan fingerprint density at radius 2 is 1.79 bits per heavy atom. The second-order valence-corrected chi connectivity index (χ2v) is 9.61. The van der Waals surface area contributed by atoms with Gasteiger partial charge in [0.05, 0.1) is 12.2 Å². The van der Waals surface area contributed by atoms with E-state index in [1.807, 2.05) is 47.4 Å². The SMILES string of the molecule is CCN1CCN(c2nc(-c3ccccc3)nc3c2CN(C(=O)Nc2cccc(Br)c2)CC3)CC1. The molecule has 3 heterocycles. The highest BCUT2D eigenvalue weighted by molar-refractivity contribution is 9.10. The molecule has 0 bridgehead atoms. The molecule has 7 nitrogen and oxygen atoms in total. The number of piperazine rings is 1. The number of aromatic nitrogens is 2. The maximum Gasteiger partial charge on any atom is 0.322 e. The molecule has 2 aliphatic rings. The monoisotopic (exact) mass is 520 g/mol. The minimum absolute atomic E-state index is 0.0994. The van der Waals surface area contributed by atoms with Crippen molar-refractivity contribution < 1.29 is 4.79 Å². The largest absolute Gasteiger partial charge is 0.354 e. The lowest BCUT2D eigenvalue weighted by Crippen LogP contribution is -2.47. The lowest BCUT2D eigenvalue weighted by atomic mass is 10.0. The van der Waals surface area contributed by atoms with Crippen LogP contribution in [0.5, 0.6) is 0 Å². The van der Waals surface area contributed by atoms with Crippen LogP contribution in [0.2, 0.25) is 0 Å². The molecule has 0 spiro atoms. The van der Waals surface area contributed by atoms with Gasteiger partial charge in [-0.1, -0.05) is 59.3 Å². The Labute approximate surface area is 208 Å². The van der Waals surface area contributed by atoms with E-state index in [1.165, 1.54) is 0 Å². The minimum Gasteiger partial charge on any atom is -0.354 e. The van der Waals surface area contributed by atoms with E-state index in [2.05, 4.69) is 50.1 Å². The number of anilines is 2. The topological polar surface area (TPSA) is 64.6 Å². The van der Waals surface area contributed by atoms with E-state index in [9.17, 15) is 4.79 Å². The standard InChI is InChI=1S/C26H29BrN6O/c1-2-31-13-15-32(16-14-31)25-22-18-33(26(34)28-21-10-6-9-20(27)17-21)12-11-23(22)29-24(30-25)19-7-4-3-5-8-19/h3-10,17H,2,11-16,18H2,1H3,(H,28,34). The van der Waals surface area contributed by atoms with Crippen LogP contribution < -0.4 is 10.2 Å². The molecular formula is C26H29BrN6O. The maximum absolute atomic E-state index is 13.1. The third kappa shape index (κ3) is 4.93. The Morgan fingerprint density at radius 1 is 1.00 bits per heavy atom. The fourth-order valence-corrected chi connectivity index (χ4v) is 4.99. The molecule has 2 aliphatic heterocycles. The molecule has 176 valence electrons. The third-order valence-electron chi connectivity index (χ3n) is 6.55. The van der Waals surface area contributed by atoms with E-state index < -0.39 is 0 Å². The Morgan fingerprint density at radius 3 is 2.53 bits per heavy atom. The summed E-state index contributed by atoms with van der Waals surface area (Å²) in [5.41, 5.74) is 3.92. The number of carbonyl (C=O) groups excluding carboxylic acids is 1. The van der Waals surface area contributed by atoms with Gasteiger partial charge in [0.25, 0.3) is 0 Å².